The highest BCUT2D eigenvalue weighted by atomic mass is 32.2. The lowest BCUT2D eigenvalue weighted by Crippen LogP contribution is -2.18. The molecule has 1 aliphatic carbocycles. The largest absolute Gasteiger partial charge is 0.458 e. The van der Waals surface area contributed by atoms with Crippen molar-refractivity contribution in [1.29, 1.82) is 0 Å². The average Bonchev–Trinajstić information content (AvgIpc) is 3.51. The normalized spacial score (nSPS) is 14.2. The fourth-order valence-corrected chi connectivity index (χ4v) is 4.67. The standard InChI is InChI=1S/C18H21N7O3S2/c1-11(26)19-8-13-6-7-15(28-13)14-9-29-17(20-14)21-16(27)10-30-18-22-23-24-25(18)12-4-2-3-5-12/h6-7,9,12H,2-5,8,10H2,1H3,(H,19,26)(H,20,21,27). The Morgan fingerprint density at radius 3 is 2.97 bits per heavy atom. The van der Waals surface area contributed by atoms with Gasteiger partial charge in [0.2, 0.25) is 17.0 Å². The molecule has 0 saturated heterocycles. The van der Waals surface area contributed by atoms with Gasteiger partial charge in [-0.15, -0.1) is 16.4 Å². The molecule has 158 valence electrons. The van der Waals surface area contributed by atoms with Gasteiger partial charge in [-0.05, 0) is 35.4 Å². The first-order chi connectivity index (χ1) is 14.6. The van der Waals surface area contributed by atoms with Crippen LogP contribution in [0.1, 0.15) is 44.4 Å². The molecule has 30 heavy (non-hydrogen) atoms. The van der Waals surface area contributed by atoms with E-state index in [9.17, 15) is 9.59 Å². The summed E-state index contributed by atoms with van der Waals surface area (Å²) in [6, 6.07) is 3.90. The number of rotatable bonds is 8. The second-order valence-corrected chi connectivity index (χ2v) is 8.70. The summed E-state index contributed by atoms with van der Waals surface area (Å²) in [6.45, 7) is 1.77. The quantitative estimate of drug-likeness (QED) is 0.505. The van der Waals surface area contributed by atoms with Crippen LogP contribution in [0, 0.1) is 0 Å². The average molecular weight is 448 g/mol. The molecule has 1 aliphatic rings. The first-order valence-corrected chi connectivity index (χ1v) is 11.4. The molecule has 2 amide bonds. The van der Waals surface area contributed by atoms with Crippen LogP contribution in [0.2, 0.25) is 0 Å². The highest BCUT2D eigenvalue weighted by Crippen LogP contribution is 2.31. The lowest BCUT2D eigenvalue weighted by molar-refractivity contribution is -0.119. The third kappa shape index (κ3) is 5.05. The van der Waals surface area contributed by atoms with Crippen molar-refractivity contribution in [2.24, 2.45) is 0 Å². The van der Waals surface area contributed by atoms with Crippen LogP contribution in [0.25, 0.3) is 11.5 Å². The fraction of sp³-hybridized carbons (Fsp3) is 0.444. The summed E-state index contributed by atoms with van der Waals surface area (Å²) in [5.41, 5.74) is 0.627. The van der Waals surface area contributed by atoms with Gasteiger partial charge in [-0.3, -0.25) is 9.59 Å². The molecule has 0 radical (unpaired) electrons. The molecule has 0 spiro atoms. The Kier molecular flexibility index (Phi) is 6.43. The minimum Gasteiger partial charge on any atom is -0.458 e. The molecule has 3 aromatic rings. The van der Waals surface area contributed by atoms with Crippen molar-refractivity contribution in [1.82, 2.24) is 30.5 Å². The molecule has 0 bridgehead atoms. The van der Waals surface area contributed by atoms with E-state index < -0.39 is 0 Å². The maximum absolute atomic E-state index is 12.3. The van der Waals surface area contributed by atoms with E-state index >= 15 is 0 Å². The van der Waals surface area contributed by atoms with Crippen LogP contribution in [-0.4, -0.2) is 42.8 Å². The molecule has 3 heterocycles. The van der Waals surface area contributed by atoms with Crippen LogP contribution in [0.15, 0.2) is 27.1 Å². The SMILES string of the molecule is CC(=O)NCc1ccc(-c2csc(NC(=O)CSc3nnnn3C3CCCC3)n2)o1. The smallest absolute Gasteiger partial charge is 0.236 e. The number of thiazole rings is 1. The zero-order valence-electron chi connectivity index (χ0n) is 16.3. The fourth-order valence-electron chi connectivity index (χ4n) is 3.21. The lowest BCUT2D eigenvalue weighted by atomic mass is 10.3. The van der Waals surface area contributed by atoms with Crippen molar-refractivity contribution in [2.45, 2.75) is 50.4 Å². The predicted molar refractivity (Wildman–Crippen MR) is 112 cm³/mol. The number of carbonyl (C=O) groups excluding carboxylic acids is 2. The van der Waals surface area contributed by atoms with E-state index in [1.807, 2.05) is 10.1 Å². The summed E-state index contributed by atoms with van der Waals surface area (Å²) in [5.74, 6) is 1.12. The Morgan fingerprint density at radius 2 is 2.17 bits per heavy atom. The third-order valence-corrected chi connectivity index (χ3v) is 6.33. The van der Waals surface area contributed by atoms with Crippen LogP contribution >= 0.6 is 23.1 Å². The van der Waals surface area contributed by atoms with Gasteiger partial charge in [0.15, 0.2) is 10.9 Å². The number of thioether (sulfide) groups is 1. The van der Waals surface area contributed by atoms with Gasteiger partial charge in [0.1, 0.15) is 11.5 Å². The van der Waals surface area contributed by atoms with Gasteiger partial charge in [0.05, 0.1) is 18.3 Å². The molecule has 0 atom stereocenters. The third-order valence-electron chi connectivity index (χ3n) is 4.64. The molecule has 0 aliphatic heterocycles. The second kappa shape index (κ2) is 9.39. The molecule has 3 aromatic heterocycles. The number of nitrogens with one attached hydrogen (secondary N) is 2. The number of amides is 2. The number of hydrogen-bond acceptors (Lipinski definition) is 9. The zero-order valence-corrected chi connectivity index (χ0v) is 18.0. The number of furan rings is 1. The summed E-state index contributed by atoms with van der Waals surface area (Å²) < 4.78 is 7.52. The second-order valence-electron chi connectivity index (χ2n) is 6.89. The van der Waals surface area contributed by atoms with Crippen LogP contribution in [0.5, 0.6) is 0 Å². The summed E-state index contributed by atoms with van der Waals surface area (Å²) in [7, 11) is 0. The highest BCUT2D eigenvalue weighted by Gasteiger charge is 2.22. The van der Waals surface area contributed by atoms with E-state index in [0.29, 0.717) is 40.1 Å². The maximum atomic E-state index is 12.3. The number of carbonyl (C=O) groups is 2. The number of aromatic nitrogens is 5. The molecular formula is C18H21N7O3S2. The maximum Gasteiger partial charge on any atom is 0.236 e. The van der Waals surface area contributed by atoms with E-state index in [-0.39, 0.29) is 17.6 Å². The summed E-state index contributed by atoms with van der Waals surface area (Å²) in [6.07, 6.45) is 4.52. The lowest BCUT2D eigenvalue weighted by Gasteiger charge is -2.10. The molecule has 1 saturated carbocycles. The minimum atomic E-state index is -0.173. The first-order valence-electron chi connectivity index (χ1n) is 9.58. The van der Waals surface area contributed by atoms with Crippen molar-refractivity contribution in [3.8, 4) is 11.5 Å². The van der Waals surface area contributed by atoms with Crippen molar-refractivity contribution in [2.75, 3.05) is 11.1 Å². The van der Waals surface area contributed by atoms with E-state index in [0.717, 1.165) is 12.8 Å². The van der Waals surface area contributed by atoms with Gasteiger partial charge in [-0.2, -0.15) is 0 Å². The van der Waals surface area contributed by atoms with Gasteiger partial charge < -0.3 is 15.1 Å². The van der Waals surface area contributed by atoms with Crippen molar-refractivity contribution in [3.63, 3.8) is 0 Å². The summed E-state index contributed by atoms with van der Waals surface area (Å²) >= 11 is 2.64. The van der Waals surface area contributed by atoms with Crippen LogP contribution in [0.3, 0.4) is 0 Å². The van der Waals surface area contributed by atoms with Crippen molar-refractivity contribution < 1.29 is 14.0 Å². The van der Waals surface area contributed by atoms with Crippen molar-refractivity contribution >= 4 is 40.0 Å². The van der Waals surface area contributed by atoms with Crippen LogP contribution < -0.4 is 10.6 Å². The van der Waals surface area contributed by atoms with E-state index in [2.05, 4.69) is 31.1 Å². The van der Waals surface area contributed by atoms with Crippen LogP contribution in [-0.2, 0) is 16.1 Å². The molecule has 2 N–H and O–H groups in total. The topological polar surface area (TPSA) is 128 Å². The molecular weight excluding hydrogens is 426 g/mol. The zero-order chi connectivity index (χ0) is 20.9. The van der Waals surface area contributed by atoms with Gasteiger partial charge in [-0.1, -0.05) is 24.6 Å². The summed E-state index contributed by atoms with van der Waals surface area (Å²) in [4.78, 5) is 27.7. The molecule has 1 fully saturated rings. The van der Waals surface area contributed by atoms with Gasteiger partial charge in [-0.25, -0.2) is 9.67 Å². The Bertz CT molecular complexity index is 1020. The van der Waals surface area contributed by atoms with Gasteiger partial charge in [0, 0.05) is 12.3 Å². The molecule has 12 heteroatoms. The van der Waals surface area contributed by atoms with Gasteiger partial charge >= 0.3 is 0 Å². The molecule has 4 rings (SSSR count). The van der Waals surface area contributed by atoms with E-state index in [1.165, 1.54) is 42.9 Å². The van der Waals surface area contributed by atoms with Crippen LogP contribution in [0.4, 0.5) is 5.13 Å². The Hall–Kier alpha value is -2.73. The summed E-state index contributed by atoms with van der Waals surface area (Å²) in [5, 5.41) is 20.3. The minimum absolute atomic E-state index is 0.123. The number of anilines is 1. The number of nitrogens with zero attached hydrogens (tertiary/aromatic N) is 5. The Labute approximate surface area is 180 Å². The number of tetrazole rings is 1. The Morgan fingerprint density at radius 1 is 1.33 bits per heavy atom. The van der Waals surface area contributed by atoms with Crippen molar-refractivity contribution in [3.05, 3.63) is 23.3 Å². The molecule has 0 aromatic carbocycles. The van der Waals surface area contributed by atoms with E-state index in [4.69, 9.17) is 4.42 Å². The number of hydrogen-bond donors (Lipinski definition) is 2. The highest BCUT2D eigenvalue weighted by molar-refractivity contribution is 7.99. The van der Waals surface area contributed by atoms with Gasteiger partial charge in [0.25, 0.3) is 0 Å². The molecule has 10 nitrogen and oxygen atoms in total. The monoisotopic (exact) mass is 447 g/mol. The molecule has 0 unspecified atom stereocenters. The predicted octanol–water partition coefficient (Wildman–Crippen LogP) is 2.87. The van der Waals surface area contributed by atoms with E-state index in [1.54, 1.807) is 12.1 Å². The first kappa shape index (κ1) is 20.5. The Balaban J connectivity index is 1.30.